The quantitative estimate of drug-likeness (QED) is 0.594. The Balaban J connectivity index is 2.09. The molecule has 28 heavy (non-hydrogen) atoms. The molecule has 0 radical (unpaired) electrons. The predicted molar refractivity (Wildman–Crippen MR) is 101 cm³/mol. The first-order chi connectivity index (χ1) is 13.3. The van der Waals surface area contributed by atoms with E-state index in [4.69, 9.17) is 9.47 Å². The number of methoxy groups -OCH3 is 2. The molecule has 2 amide bonds. The molecule has 0 spiro atoms. The van der Waals surface area contributed by atoms with E-state index in [0.717, 1.165) is 0 Å². The van der Waals surface area contributed by atoms with Crippen LogP contribution in [0.2, 0.25) is 0 Å². The second-order valence-electron chi connectivity index (χ2n) is 5.13. The number of carbonyl (C=O) groups is 1. The maximum Gasteiger partial charge on any atom is 0.336 e. The van der Waals surface area contributed by atoms with Crippen molar-refractivity contribution >= 4 is 27.9 Å². The highest BCUT2D eigenvalue weighted by Crippen LogP contribution is 2.15. The number of urea groups is 1. The van der Waals surface area contributed by atoms with Gasteiger partial charge in [0.05, 0.1) is 12.8 Å². The summed E-state index contributed by atoms with van der Waals surface area (Å²) in [4.78, 5) is 23.5. The topological polar surface area (TPSA) is 144 Å². The summed E-state index contributed by atoms with van der Waals surface area (Å²) in [5.41, 5.74) is 0.618. The summed E-state index contributed by atoms with van der Waals surface area (Å²) in [6.07, 6.45) is 0. The van der Waals surface area contributed by atoms with E-state index in [1.54, 1.807) is 29.8 Å². The molecular formula is C16H18N6O5S. The van der Waals surface area contributed by atoms with Gasteiger partial charge in [-0.05, 0) is 19.1 Å². The average molecular weight is 406 g/mol. The molecular weight excluding hydrogens is 388 g/mol. The molecule has 2 aromatic rings. The lowest BCUT2D eigenvalue weighted by Crippen LogP contribution is -2.38. The molecule has 2 rings (SSSR count). The van der Waals surface area contributed by atoms with Gasteiger partial charge in [-0.1, -0.05) is 24.0 Å². The Kier molecular flexibility index (Phi) is 7.08. The number of benzene rings is 1. The van der Waals surface area contributed by atoms with Crippen LogP contribution < -0.4 is 19.5 Å². The summed E-state index contributed by atoms with van der Waals surface area (Å²) in [6.45, 7) is 1.75. The number of amides is 2. The van der Waals surface area contributed by atoms with Gasteiger partial charge in [0.15, 0.2) is 0 Å². The van der Waals surface area contributed by atoms with Crippen molar-refractivity contribution in [3.05, 3.63) is 35.7 Å². The van der Waals surface area contributed by atoms with Crippen LogP contribution in [0.1, 0.15) is 11.4 Å². The van der Waals surface area contributed by atoms with Crippen molar-refractivity contribution in [2.45, 2.75) is 6.92 Å². The lowest BCUT2D eigenvalue weighted by Gasteiger charge is -2.11. The van der Waals surface area contributed by atoms with Crippen molar-refractivity contribution in [3.8, 4) is 17.9 Å². The monoisotopic (exact) mass is 406 g/mol. The lowest BCUT2D eigenvalue weighted by atomic mass is 10.2. The van der Waals surface area contributed by atoms with Gasteiger partial charge in [-0.3, -0.25) is 10.0 Å². The molecule has 1 aromatic carbocycles. The number of anilines is 2. The van der Waals surface area contributed by atoms with Gasteiger partial charge in [0.25, 0.3) is 0 Å². The van der Waals surface area contributed by atoms with E-state index in [1.165, 1.54) is 20.3 Å². The van der Waals surface area contributed by atoms with Crippen LogP contribution in [0.4, 0.5) is 16.4 Å². The number of hydrogen-bond donors (Lipinski definition) is 3. The number of hydrogen-bond acceptors (Lipinski definition) is 8. The largest absolute Gasteiger partial charge is 0.467 e. The first-order valence-corrected chi connectivity index (χ1v) is 9.26. The van der Waals surface area contributed by atoms with Gasteiger partial charge in [0.2, 0.25) is 5.95 Å². The Bertz CT molecular complexity index is 1020. The smallest absolute Gasteiger partial charge is 0.336 e. The number of rotatable bonds is 6. The van der Waals surface area contributed by atoms with E-state index < -0.39 is 16.2 Å². The minimum Gasteiger partial charge on any atom is -0.467 e. The summed E-state index contributed by atoms with van der Waals surface area (Å²) >= 11 is 0. The van der Waals surface area contributed by atoms with Crippen LogP contribution in [0.5, 0.6) is 6.01 Å². The number of carbonyl (C=O) groups excluding carboxylic acids is 1. The Morgan fingerprint density at radius 2 is 1.93 bits per heavy atom. The fourth-order valence-corrected chi connectivity index (χ4v) is 2.72. The van der Waals surface area contributed by atoms with Crippen molar-refractivity contribution in [2.24, 2.45) is 0 Å². The van der Waals surface area contributed by atoms with Gasteiger partial charge < -0.3 is 9.47 Å². The van der Waals surface area contributed by atoms with Gasteiger partial charge in [-0.2, -0.15) is 23.4 Å². The van der Waals surface area contributed by atoms with Crippen LogP contribution in [-0.4, -0.2) is 50.2 Å². The second kappa shape index (κ2) is 9.49. The lowest BCUT2D eigenvalue weighted by molar-refractivity contribution is 0.240. The maximum atomic E-state index is 12.2. The maximum absolute atomic E-state index is 12.2. The van der Waals surface area contributed by atoms with Crippen molar-refractivity contribution in [1.29, 1.82) is 0 Å². The van der Waals surface area contributed by atoms with Crippen LogP contribution in [0.15, 0.2) is 24.3 Å². The number of ether oxygens (including phenoxy) is 2. The molecule has 12 heteroatoms. The minimum atomic E-state index is -4.25. The second-order valence-corrected chi connectivity index (χ2v) is 6.55. The van der Waals surface area contributed by atoms with E-state index in [1.807, 2.05) is 0 Å². The van der Waals surface area contributed by atoms with Crippen molar-refractivity contribution in [3.63, 3.8) is 0 Å². The molecule has 0 saturated carbocycles. The molecule has 1 heterocycles. The summed E-state index contributed by atoms with van der Waals surface area (Å²) < 4.78 is 38.2. The minimum absolute atomic E-state index is 0.0210. The summed E-state index contributed by atoms with van der Waals surface area (Å²) in [5.74, 6) is 5.62. The number of para-hydroxylation sites is 1. The Hall–Kier alpha value is -3.43. The van der Waals surface area contributed by atoms with Gasteiger partial charge in [0, 0.05) is 12.7 Å². The van der Waals surface area contributed by atoms with Crippen molar-refractivity contribution in [1.82, 2.24) is 19.7 Å². The zero-order chi connectivity index (χ0) is 20.6. The van der Waals surface area contributed by atoms with E-state index in [2.05, 4.69) is 36.8 Å². The van der Waals surface area contributed by atoms with Gasteiger partial charge in [-0.25, -0.2) is 9.52 Å². The highest BCUT2D eigenvalue weighted by Gasteiger charge is 2.17. The van der Waals surface area contributed by atoms with Crippen molar-refractivity contribution < 1.29 is 22.7 Å². The van der Waals surface area contributed by atoms with Crippen molar-refractivity contribution in [2.75, 3.05) is 30.9 Å². The van der Waals surface area contributed by atoms with Crippen LogP contribution in [0, 0.1) is 18.8 Å². The van der Waals surface area contributed by atoms with Crippen LogP contribution >= 0.6 is 0 Å². The first-order valence-electron chi connectivity index (χ1n) is 7.78. The number of nitrogens with one attached hydrogen (secondary N) is 3. The van der Waals surface area contributed by atoms with E-state index in [0.29, 0.717) is 5.56 Å². The number of aromatic nitrogens is 3. The molecule has 0 fully saturated rings. The average Bonchev–Trinajstić information content (AvgIpc) is 2.61. The summed E-state index contributed by atoms with van der Waals surface area (Å²) in [7, 11) is -1.40. The zero-order valence-corrected chi connectivity index (χ0v) is 16.1. The molecule has 0 atom stereocenters. The SMILES string of the molecule is COCC#Cc1ccccc1NS(=O)(=O)NC(=O)Nc1nc(C)nc(OC)n1. The standard InChI is InChI=1S/C16H18N6O5S/c1-11-17-14(20-16(18-11)27-3)19-15(23)22-28(24,25)21-13-9-5-4-7-12(13)8-6-10-26-2/h4-5,7,9,21H,10H2,1-3H3,(H2,17,18,19,20,22,23). The molecule has 0 aliphatic rings. The Morgan fingerprint density at radius 3 is 2.64 bits per heavy atom. The third-order valence-electron chi connectivity index (χ3n) is 2.97. The molecule has 3 N–H and O–H groups in total. The molecule has 0 saturated heterocycles. The highest BCUT2D eigenvalue weighted by molar-refractivity contribution is 7.91. The van der Waals surface area contributed by atoms with E-state index in [-0.39, 0.29) is 30.1 Å². The number of nitrogens with zero attached hydrogens (tertiary/aromatic N) is 3. The Morgan fingerprint density at radius 1 is 1.18 bits per heavy atom. The van der Waals surface area contributed by atoms with Crippen LogP contribution in [0.25, 0.3) is 0 Å². The van der Waals surface area contributed by atoms with Crippen LogP contribution in [0.3, 0.4) is 0 Å². The van der Waals surface area contributed by atoms with E-state index in [9.17, 15) is 13.2 Å². The highest BCUT2D eigenvalue weighted by atomic mass is 32.2. The zero-order valence-electron chi connectivity index (χ0n) is 15.3. The normalized spacial score (nSPS) is 10.4. The first kappa shape index (κ1) is 20.9. The molecule has 0 aliphatic heterocycles. The molecule has 1 aromatic heterocycles. The predicted octanol–water partition coefficient (Wildman–Crippen LogP) is 0.665. The third kappa shape index (κ3) is 6.38. The van der Waals surface area contributed by atoms with Gasteiger partial charge in [-0.15, -0.1) is 0 Å². The van der Waals surface area contributed by atoms with Gasteiger partial charge in [0.1, 0.15) is 12.4 Å². The molecule has 0 aliphatic carbocycles. The molecule has 0 unspecified atom stereocenters. The molecule has 148 valence electrons. The fourth-order valence-electron chi connectivity index (χ4n) is 1.91. The third-order valence-corrected chi connectivity index (χ3v) is 3.92. The van der Waals surface area contributed by atoms with Gasteiger partial charge >= 0.3 is 22.3 Å². The summed E-state index contributed by atoms with van der Waals surface area (Å²) in [5, 5.41) is 2.20. The number of aryl methyl sites for hydroxylation is 1. The van der Waals surface area contributed by atoms with E-state index >= 15 is 0 Å². The molecule has 11 nitrogen and oxygen atoms in total. The fraction of sp³-hybridized carbons (Fsp3) is 0.250. The summed E-state index contributed by atoms with van der Waals surface area (Å²) in [6, 6.07) is 5.37. The van der Waals surface area contributed by atoms with Crippen LogP contribution in [-0.2, 0) is 14.9 Å². The molecule has 0 bridgehead atoms. The Labute approximate surface area is 162 Å².